The van der Waals surface area contributed by atoms with Gasteiger partial charge in [-0.15, -0.1) is 0 Å². The molecule has 21 heavy (non-hydrogen) atoms. The van der Waals surface area contributed by atoms with Crippen molar-refractivity contribution in [1.29, 1.82) is 0 Å². The Morgan fingerprint density at radius 1 is 1.24 bits per heavy atom. The van der Waals surface area contributed by atoms with E-state index in [0.717, 1.165) is 29.8 Å². The van der Waals surface area contributed by atoms with Crippen LogP contribution in [0.4, 0.5) is 0 Å². The molecule has 0 saturated heterocycles. The Balaban J connectivity index is 2.23. The highest BCUT2D eigenvalue weighted by Gasteiger charge is 2.06. The molecular weight excluding hydrogens is 262 g/mol. The van der Waals surface area contributed by atoms with Crippen LogP contribution >= 0.6 is 0 Å². The van der Waals surface area contributed by atoms with Crippen molar-refractivity contribution < 1.29 is 0 Å². The van der Waals surface area contributed by atoms with Gasteiger partial charge in [0.25, 0.3) is 5.56 Å². The number of benzene rings is 1. The highest BCUT2D eigenvalue weighted by atomic mass is 16.1. The Morgan fingerprint density at radius 2 is 1.95 bits per heavy atom. The van der Waals surface area contributed by atoms with Gasteiger partial charge in [0.15, 0.2) is 0 Å². The quantitative estimate of drug-likeness (QED) is 0.802. The van der Waals surface area contributed by atoms with E-state index in [1.54, 1.807) is 0 Å². The molecule has 2 aromatic rings. The van der Waals surface area contributed by atoms with E-state index < -0.39 is 0 Å². The average molecular weight is 285 g/mol. The Labute approximate surface area is 125 Å². The van der Waals surface area contributed by atoms with Crippen LogP contribution in [0.2, 0.25) is 0 Å². The minimum Gasteiger partial charge on any atom is -0.312 e. The van der Waals surface area contributed by atoms with Gasteiger partial charge in [-0.1, -0.05) is 45.0 Å². The summed E-state index contributed by atoms with van der Waals surface area (Å²) in [6, 6.07) is 10.2. The second kappa shape index (κ2) is 7.18. The molecule has 4 nitrogen and oxygen atoms in total. The van der Waals surface area contributed by atoms with E-state index in [4.69, 9.17) is 0 Å². The second-order valence-electron chi connectivity index (χ2n) is 5.56. The number of nitrogens with one attached hydrogen (secondary N) is 2. The third-order valence-corrected chi connectivity index (χ3v) is 3.50. The third-order valence-electron chi connectivity index (χ3n) is 3.50. The molecule has 112 valence electrons. The highest BCUT2D eigenvalue weighted by Crippen LogP contribution is 2.20. The summed E-state index contributed by atoms with van der Waals surface area (Å²) >= 11 is 0. The van der Waals surface area contributed by atoms with E-state index in [1.807, 2.05) is 6.07 Å². The van der Waals surface area contributed by atoms with E-state index in [-0.39, 0.29) is 5.56 Å². The van der Waals surface area contributed by atoms with Gasteiger partial charge in [0.2, 0.25) is 0 Å². The van der Waals surface area contributed by atoms with Gasteiger partial charge in [-0.05, 0) is 30.5 Å². The molecule has 0 spiro atoms. The molecule has 1 heterocycles. The van der Waals surface area contributed by atoms with Crippen LogP contribution in [-0.2, 0) is 6.54 Å². The van der Waals surface area contributed by atoms with Gasteiger partial charge in [-0.3, -0.25) is 4.79 Å². The first kappa shape index (κ1) is 15.4. The second-order valence-corrected chi connectivity index (χ2v) is 5.56. The number of hydrogen-bond donors (Lipinski definition) is 2. The molecule has 0 saturated carbocycles. The molecule has 0 aliphatic heterocycles. The van der Waals surface area contributed by atoms with Crippen LogP contribution in [0.15, 0.2) is 35.1 Å². The molecule has 2 rings (SSSR count). The number of H-pyrrole nitrogens is 1. The molecule has 0 unspecified atom stereocenters. The van der Waals surface area contributed by atoms with Crippen LogP contribution in [0, 0.1) is 0 Å². The van der Waals surface area contributed by atoms with Crippen molar-refractivity contribution in [2.24, 2.45) is 0 Å². The minimum atomic E-state index is -0.124. The first-order chi connectivity index (χ1) is 10.1. The molecule has 1 aromatic heterocycles. The lowest BCUT2D eigenvalue weighted by atomic mass is 10.0. The van der Waals surface area contributed by atoms with Gasteiger partial charge in [0.05, 0.1) is 5.69 Å². The smallest absolute Gasteiger partial charge is 0.268 e. The van der Waals surface area contributed by atoms with Crippen LogP contribution in [0.5, 0.6) is 0 Å². The first-order valence-corrected chi connectivity index (χ1v) is 7.51. The molecule has 4 heteroatoms. The molecule has 0 aliphatic rings. The molecule has 0 aliphatic carbocycles. The molecule has 0 fully saturated rings. The molecule has 1 aromatic carbocycles. The largest absolute Gasteiger partial charge is 0.312 e. The number of hydrogen-bond acceptors (Lipinski definition) is 3. The van der Waals surface area contributed by atoms with Crippen LogP contribution in [0.25, 0.3) is 11.3 Å². The van der Waals surface area contributed by atoms with Crippen molar-refractivity contribution in [2.45, 2.75) is 39.7 Å². The van der Waals surface area contributed by atoms with Gasteiger partial charge >= 0.3 is 0 Å². The Hall–Kier alpha value is -1.94. The van der Waals surface area contributed by atoms with Gasteiger partial charge in [0, 0.05) is 17.7 Å². The van der Waals surface area contributed by atoms with Crippen molar-refractivity contribution in [1.82, 2.24) is 15.5 Å². The van der Waals surface area contributed by atoms with Crippen molar-refractivity contribution in [2.75, 3.05) is 6.54 Å². The SMILES string of the molecule is CCCNCc1cc(-c2ccc(C(C)C)cc2)n[nH]c1=O. The summed E-state index contributed by atoms with van der Waals surface area (Å²) in [5, 5.41) is 9.98. The van der Waals surface area contributed by atoms with Crippen LogP contribution in [0.1, 0.15) is 44.2 Å². The number of aromatic nitrogens is 2. The van der Waals surface area contributed by atoms with Gasteiger partial charge in [-0.25, -0.2) is 5.10 Å². The Bertz CT molecular complexity index is 629. The third kappa shape index (κ3) is 4.02. The van der Waals surface area contributed by atoms with Crippen LogP contribution < -0.4 is 10.9 Å². The van der Waals surface area contributed by atoms with Crippen LogP contribution in [0.3, 0.4) is 0 Å². The standard InChI is InChI=1S/C17H23N3O/c1-4-9-18-11-15-10-16(19-20-17(15)21)14-7-5-13(6-8-14)12(2)3/h5-8,10,12,18H,4,9,11H2,1-3H3,(H,20,21). The van der Waals surface area contributed by atoms with Crippen molar-refractivity contribution in [3.8, 4) is 11.3 Å². The minimum absolute atomic E-state index is 0.124. The van der Waals surface area contributed by atoms with Crippen molar-refractivity contribution in [3.63, 3.8) is 0 Å². The maximum absolute atomic E-state index is 11.8. The zero-order chi connectivity index (χ0) is 15.2. The summed E-state index contributed by atoms with van der Waals surface area (Å²) in [7, 11) is 0. The van der Waals surface area contributed by atoms with E-state index in [2.05, 4.69) is 60.6 Å². The Morgan fingerprint density at radius 3 is 2.57 bits per heavy atom. The molecule has 0 atom stereocenters. The number of aromatic amines is 1. The predicted molar refractivity (Wildman–Crippen MR) is 86.4 cm³/mol. The highest BCUT2D eigenvalue weighted by molar-refractivity contribution is 5.59. The van der Waals surface area contributed by atoms with E-state index >= 15 is 0 Å². The lowest BCUT2D eigenvalue weighted by molar-refractivity contribution is 0.668. The fourth-order valence-electron chi connectivity index (χ4n) is 2.16. The Kier molecular flexibility index (Phi) is 5.28. The average Bonchev–Trinajstić information content (AvgIpc) is 2.49. The summed E-state index contributed by atoms with van der Waals surface area (Å²) in [5.41, 5.74) is 3.72. The summed E-state index contributed by atoms with van der Waals surface area (Å²) in [6.45, 7) is 7.92. The summed E-state index contributed by atoms with van der Waals surface area (Å²) in [5.74, 6) is 0.511. The summed E-state index contributed by atoms with van der Waals surface area (Å²) < 4.78 is 0. The lowest BCUT2D eigenvalue weighted by Crippen LogP contribution is -2.22. The normalized spacial score (nSPS) is 11.0. The molecule has 0 amide bonds. The van der Waals surface area contributed by atoms with E-state index in [0.29, 0.717) is 12.5 Å². The van der Waals surface area contributed by atoms with E-state index in [9.17, 15) is 4.79 Å². The van der Waals surface area contributed by atoms with E-state index in [1.165, 1.54) is 5.56 Å². The van der Waals surface area contributed by atoms with Gasteiger partial charge < -0.3 is 5.32 Å². The topological polar surface area (TPSA) is 57.8 Å². The van der Waals surface area contributed by atoms with Crippen LogP contribution in [-0.4, -0.2) is 16.7 Å². The monoisotopic (exact) mass is 285 g/mol. The summed E-state index contributed by atoms with van der Waals surface area (Å²) in [4.78, 5) is 11.8. The zero-order valence-electron chi connectivity index (χ0n) is 12.9. The maximum atomic E-state index is 11.8. The van der Waals surface area contributed by atoms with Gasteiger partial charge in [-0.2, -0.15) is 5.10 Å². The molecule has 2 N–H and O–H groups in total. The first-order valence-electron chi connectivity index (χ1n) is 7.51. The lowest BCUT2D eigenvalue weighted by Gasteiger charge is -2.08. The molecule has 0 radical (unpaired) electrons. The maximum Gasteiger partial charge on any atom is 0.268 e. The van der Waals surface area contributed by atoms with Crippen molar-refractivity contribution >= 4 is 0 Å². The fraction of sp³-hybridized carbons (Fsp3) is 0.412. The zero-order valence-corrected chi connectivity index (χ0v) is 12.9. The molecular formula is C17H23N3O. The van der Waals surface area contributed by atoms with Gasteiger partial charge in [0.1, 0.15) is 0 Å². The summed E-state index contributed by atoms with van der Waals surface area (Å²) in [6.07, 6.45) is 1.05. The number of nitrogens with zero attached hydrogens (tertiary/aromatic N) is 1. The molecule has 0 bridgehead atoms. The van der Waals surface area contributed by atoms with Crippen molar-refractivity contribution in [3.05, 3.63) is 51.8 Å². The predicted octanol–water partition coefficient (Wildman–Crippen LogP) is 3.06. The number of rotatable bonds is 6. The fourth-order valence-corrected chi connectivity index (χ4v) is 2.16.